The van der Waals surface area contributed by atoms with Crippen LogP contribution in [0.25, 0.3) is 11.5 Å². The number of halogens is 3. The summed E-state index contributed by atoms with van der Waals surface area (Å²) in [6, 6.07) is 13.0. The van der Waals surface area contributed by atoms with Crippen molar-refractivity contribution in [1.82, 2.24) is 10.2 Å². The molecule has 0 aliphatic heterocycles. The molecule has 3 aromatic rings. The highest BCUT2D eigenvalue weighted by molar-refractivity contribution is 5.90. The van der Waals surface area contributed by atoms with Gasteiger partial charge in [-0.3, -0.25) is 4.79 Å². The summed E-state index contributed by atoms with van der Waals surface area (Å²) < 4.78 is 43.8. The van der Waals surface area contributed by atoms with Gasteiger partial charge >= 0.3 is 6.18 Å². The Labute approximate surface area is 157 Å². The lowest BCUT2D eigenvalue weighted by molar-refractivity contribution is -0.137. The zero-order valence-electron chi connectivity index (χ0n) is 14.3. The summed E-state index contributed by atoms with van der Waals surface area (Å²) in [5.41, 5.74) is 0.231. The van der Waals surface area contributed by atoms with Crippen molar-refractivity contribution < 1.29 is 22.4 Å². The number of nitrogens with one attached hydrogen (secondary N) is 1. The van der Waals surface area contributed by atoms with Crippen molar-refractivity contribution in [3.63, 3.8) is 0 Å². The highest BCUT2D eigenvalue weighted by Gasteiger charge is 2.30. The number of amides is 1. The van der Waals surface area contributed by atoms with E-state index in [4.69, 9.17) is 9.68 Å². The Morgan fingerprint density at radius 3 is 2.68 bits per heavy atom. The van der Waals surface area contributed by atoms with Gasteiger partial charge in [0.25, 0.3) is 0 Å². The van der Waals surface area contributed by atoms with Crippen LogP contribution in [0.15, 0.2) is 52.9 Å². The van der Waals surface area contributed by atoms with Crippen LogP contribution in [0.3, 0.4) is 0 Å². The van der Waals surface area contributed by atoms with E-state index in [-0.39, 0.29) is 36.1 Å². The number of carbonyl (C=O) groups excluding carboxylic acids is 1. The maximum Gasteiger partial charge on any atom is 0.416 e. The van der Waals surface area contributed by atoms with E-state index in [1.165, 1.54) is 18.2 Å². The Bertz CT molecular complexity index is 1040. The van der Waals surface area contributed by atoms with Gasteiger partial charge in [0, 0.05) is 24.1 Å². The number of anilines is 1. The Kier molecular flexibility index (Phi) is 5.40. The Morgan fingerprint density at radius 2 is 1.93 bits per heavy atom. The first-order chi connectivity index (χ1) is 13.3. The van der Waals surface area contributed by atoms with Crippen molar-refractivity contribution in [1.29, 1.82) is 5.26 Å². The molecule has 1 N–H and O–H groups in total. The zero-order valence-corrected chi connectivity index (χ0v) is 14.3. The van der Waals surface area contributed by atoms with Gasteiger partial charge in [-0.2, -0.15) is 18.4 Å². The van der Waals surface area contributed by atoms with Crippen LogP contribution >= 0.6 is 0 Å². The molecule has 0 unspecified atom stereocenters. The van der Waals surface area contributed by atoms with E-state index in [9.17, 15) is 18.0 Å². The van der Waals surface area contributed by atoms with Crippen LogP contribution in [0.2, 0.25) is 0 Å². The van der Waals surface area contributed by atoms with E-state index in [1.807, 2.05) is 6.07 Å². The van der Waals surface area contributed by atoms with Crippen LogP contribution in [-0.4, -0.2) is 16.1 Å². The third kappa shape index (κ3) is 4.73. The summed E-state index contributed by atoms with van der Waals surface area (Å²) in [6.45, 7) is 0. The summed E-state index contributed by atoms with van der Waals surface area (Å²) >= 11 is 0. The summed E-state index contributed by atoms with van der Waals surface area (Å²) in [5.74, 6) is -0.245. The molecule has 0 saturated heterocycles. The lowest BCUT2D eigenvalue weighted by atomic mass is 10.1. The second kappa shape index (κ2) is 7.92. The number of carbonyl (C=O) groups is 1. The fraction of sp³-hybridized carbons (Fsp3) is 0.158. The van der Waals surface area contributed by atoms with E-state index in [0.717, 1.165) is 12.1 Å². The Hall–Kier alpha value is -3.67. The summed E-state index contributed by atoms with van der Waals surface area (Å²) in [6.07, 6.45) is -4.32. The van der Waals surface area contributed by atoms with Crippen LogP contribution in [0.1, 0.15) is 23.4 Å². The molecule has 0 fully saturated rings. The number of rotatable bonds is 5. The van der Waals surface area contributed by atoms with Gasteiger partial charge in [0.2, 0.25) is 17.7 Å². The molecule has 28 heavy (non-hydrogen) atoms. The van der Waals surface area contributed by atoms with Crippen LogP contribution in [-0.2, 0) is 17.4 Å². The normalized spacial score (nSPS) is 11.1. The quantitative estimate of drug-likeness (QED) is 0.710. The van der Waals surface area contributed by atoms with E-state index < -0.39 is 11.7 Å². The minimum absolute atomic E-state index is 0.0288. The van der Waals surface area contributed by atoms with E-state index in [2.05, 4.69) is 15.5 Å². The van der Waals surface area contributed by atoms with Crippen LogP contribution in [0, 0.1) is 11.3 Å². The number of hydrogen-bond acceptors (Lipinski definition) is 5. The van der Waals surface area contributed by atoms with Gasteiger partial charge in [0.15, 0.2) is 0 Å². The van der Waals surface area contributed by atoms with Gasteiger partial charge in [-0.1, -0.05) is 12.1 Å². The SMILES string of the molecule is N#Cc1cccc(NC(=O)CCc2nnc(-c3cccc(C(F)(F)F)c3)o2)c1. The number of hydrogen-bond donors (Lipinski definition) is 1. The molecule has 6 nitrogen and oxygen atoms in total. The molecule has 0 saturated carbocycles. The average Bonchev–Trinajstić information content (AvgIpc) is 3.15. The molecule has 0 atom stereocenters. The monoisotopic (exact) mass is 386 g/mol. The minimum atomic E-state index is -4.47. The summed E-state index contributed by atoms with van der Waals surface area (Å²) in [5, 5.41) is 19.0. The molecule has 1 aromatic heterocycles. The highest BCUT2D eigenvalue weighted by Crippen LogP contribution is 2.31. The fourth-order valence-electron chi connectivity index (χ4n) is 2.41. The van der Waals surface area contributed by atoms with Gasteiger partial charge in [-0.15, -0.1) is 10.2 Å². The molecule has 0 aliphatic rings. The number of aryl methyl sites for hydroxylation is 1. The van der Waals surface area contributed by atoms with E-state index in [0.29, 0.717) is 11.3 Å². The van der Waals surface area contributed by atoms with Crippen molar-refractivity contribution >= 4 is 11.6 Å². The molecule has 2 aromatic carbocycles. The van der Waals surface area contributed by atoms with Crippen molar-refractivity contribution in [2.75, 3.05) is 5.32 Å². The Balaban J connectivity index is 1.62. The number of aromatic nitrogens is 2. The smallest absolute Gasteiger partial charge is 0.416 e. The van der Waals surface area contributed by atoms with Crippen molar-refractivity contribution in [3.8, 4) is 17.5 Å². The number of nitriles is 1. The predicted octanol–water partition coefficient (Wildman–Crippen LogP) is 4.20. The minimum Gasteiger partial charge on any atom is -0.421 e. The maximum absolute atomic E-state index is 12.8. The third-order valence-electron chi connectivity index (χ3n) is 3.75. The standard InChI is InChI=1S/C19H13F3N4O2/c20-19(21,22)14-5-2-4-13(10-14)18-26-25-17(28-18)8-7-16(27)24-15-6-1-3-12(9-15)11-23/h1-6,9-10H,7-8H2,(H,24,27). The van der Waals surface area contributed by atoms with Gasteiger partial charge in [-0.05, 0) is 36.4 Å². The van der Waals surface area contributed by atoms with E-state index >= 15 is 0 Å². The molecular formula is C19H13F3N4O2. The third-order valence-corrected chi connectivity index (χ3v) is 3.75. The molecule has 3 rings (SSSR count). The summed E-state index contributed by atoms with van der Waals surface area (Å²) in [7, 11) is 0. The maximum atomic E-state index is 12.8. The molecule has 0 aliphatic carbocycles. The molecular weight excluding hydrogens is 373 g/mol. The molecule has 0 radical (unpaired) electrons. The largest absolute Gasteiger partial charge is 0.421 e. The van der Waals surface area contributed by atoms with Gasteiger partial charge in [0.1, 0.15) is 0 Å². The zero-order chi connectivity index (χ0) is 20.1. The van der Waals surface area contributed by atoms with Gasteiger partial charge in [0.05, 0.1) is 17.2 Å². The molecule has 0 spiro atoms. The predicted molar refractivity (Wildman–Crippen MR) is 92.8 cm³/mol. The number of benzene rings is 2. The van der Waals surface area contributed by atoms with Crippen molar-refractivity contribution in [3.05, 3.63) is 65.5 Å². The fourth-order valence-corrected chi connectivity index (χ4v) is 2.41. The lowest BCUT2D eigenvalue weighted by Crippen LogP contribution is -2.12. The van der Waals surface area contributed by atoms with Crippen molar-refractivity contribution in [2.45, 2.75) is 19.0 Å². The highest BCUT2D eigenvalue weighted by atomic mass is 19.4. The lowest BCUT2D eigenvalue weighted by Gasteiger charge is -2.06. The van der Waals surface area contributed by atoms with Crippen LogP contribution < -0.4 is 5.32 Å². The first-order valence-electron chi connectivity index (χ1n) is 8.15. The molecule has 9 heteroatoms. The topological polar surface area (TPSA) is 91.8 Å². The second-order valence-electron chi connectivity index (χ2n) is 5.82. The molecule has 1 heterocycles. The molecule has 0 bridgehead atoms. The molecule has 142 valence electrons. The Morgan fingerprint density at radius 1 is 1.14 bits per heavy atom. The van der Waals surface area contributed by atoms with Crippen LogP contribution in [0.5, 0.6) is 0 Å². The van der Waals surface area contributed by atoms with Crippen molar-refractivity contribution in [2.24, 2.45) is 0 Å². The van der Waals surface area contributed by atoms with E-state index in [1.54, 1.807) is 18.2 Å². The number of alkyl halides is 3. The second-order valence-corrected chi connectivity index (χ2v) is 5.82. The van der Waals surface area contributed by atoms with Gasteiger partial charge < -0.3 is 9.73 Å². The van der Waals surface area contributed by atoms with Crippen LogP contribution in [0.4, 0.5) is 18.9 Å². The summed E-state index contributed by atoms with van der Waals surface area (Å²) in [4.78, 5) is 12.0. The molecule has 1 amide bonds. The first kappa shape index (κ1) is 19.1. The first-order valence-corrected chi connectivity index (χ1v) is 8.15. The average molecular weight is 386 g/mol. The number of nitrogens with zero attached hydrogens (tertiary/aromatic N) is 3. The van der Waals surface area contributed by atoms with Gasteiger partial charge in [-0.25, -0.2) is 0 Å².